The summed E-state index contributed by atoms with van der Waals surface area (Å²) in [7, 11) is 0. The first-order chi connectivity index (χ1) is 11.3. The summed E-state index contributed by atoms with van der Waals surface area (Å²) in [6.45, 7) is 3.61. The number of rotatable bonds is 4. The molecule has 7 nitrogen and oxygen atoms in total. The number of aromatic nitrogens is 4. The van der Waals surface area contributed by atoms with Crippen LogP contribution >= 0.6 is 0 Å². The SMILES string of the molecule is O=C1CCCN1c1cnn(C2CCN(Cc3cccnn3)C2)c1. The third-order valence-corrected chi connectivity index (χ3v) is 4.61. The fourth-order valence-corrected chi connectivity index (χ4v) is 3.41. The maximum atomic E-state index is 11.8. The standard InChI is InChI=1S/C16H20N6O/c23-16-4-2-7-21(16)15-9-18-22(12-15)14-5-8-20(11-14)10-13-3-1-6-17-19-13/h1,3,6,9,12,14H,2,4-5,7-8,10-11H2. The van der Waals surface area contributed by atoms with Gasteiger partial charge in [-0.25, -0.2) is 0 Å². The van der Waals surface area contributed by atoms with Crippen molar-refractivity contribution in [2.24, 2.45) is 0 Å². The topological polar surface area (TPSA) is 67.2 Å². The molecule has 4 rings (SSSR count). The van der Waals surface area contributed by atoms with Gasteiger partial charge < -0.3 is 4.90 Å². The Labute approximate surface area is 134 Å². The summed E-state index contributed by atoms with van der Waals surface area (Å²) < 4.78 is 2.01. The average Bonchev–Trinajstić information content (AvgIpc) is 3.28. The number of carbonyl (C=O) groups is 1. The monoisotopic (exact) mass is 312 g/mol. The molecule has 0 radical (unpaired) electrons. The summed E-state index contributed by atoms with van der Waals surface area (Å²) in [5, 5.41) is 12.6. The van der Waals surface area contributed by atoms with Gasteiger partial charge in [0.15, 0.2) is 0 Å². The molecule has 1 amide bonds. The maximum absolute atomic E-state index is 11.8. The highest BCUT2D eigenvalue weighted by Gasteiger charge is 2.27. The molecule has 120 valence electrons. The van der Waals surface area contributed by atoms with Crippen LogP contribution in [0.4, 0.5) is 5.69 Å². The van der Waals surface area contributed by atoms with E-state index in [2.05, 4.69) is 20.2 Å². The summed E-state index contributed by atoms with van der Waals surface area (Å²) in [5.74, 6) is 0.209. The molecule has 0 aliphatic carbocycles. The lowest BCUT2D eigenvalue weighted by molar-refractivity contribution is -0.117. The molecule has 0 spiro atoms. The molecule has 4 heterocycles. The first-order valence-electron chi connectivity index (χ1n) is 8.13. The molecule has 2 aromatic heterocycles. The van der Waals surface area contributed by atoms with E-state index in [4.69, 9.17) is 0 Å². The highest BCUT2D eigenvalue weighted by Crippen LogP contribution is 2.26. The number of hydrogen-bond donors (Lipinski definition) is 0. The van der Waals surface area contributed by atoms with Crippen molar-refractivity contribution in [2.45, 2.75) is 31.8 Å². The Hall–Kier alpha value is -2.28. The van der Waals surface area contributed by atoms with Crippen molar-refractivity contribution in [1.29, 1.82) is 0 Å². The molecule has 1 atom stereocenters. The second-order valence-corrected chi connectivity index (χ2v) is 6.22. The molecular formula is C16H20N6O. The molecular weight excluding hydrogens is 292 g/mol. The van der Waals surface area contributed by atoms with E-state index in [1.807, 2.05) is 34.1 Å². The molecule has 0 bridgehead atoms. The van der Waals surface area contributed by atoms with Crippen LogP contribution in [-0.4, -0.2) is 50.4 Å². The van der Waals surface area contributed by atoms with Gasteiger partial charge in [0.25, 0.3) is 0 Å². The minimum atomic E-state index is 0.209. The van der Waals surface area contributed by atoms with Crippen molar-refractivity contribution in [2.75, 3.05) is 24.5 Å². The van der Waals surface area contributed by atoms with E-state index >= 15 is 0 Å². The quantitative estimate of drug-likeness (QED) is 0.850. The van der Waals surface area contributed by atoms with E-state index in [0.29, 0.717) is 12.5 Å². The van der Waals surface area contributed by atoms with Crippen molar-refractivity contribution in [3.05, 3.63) is 36.4 Å². The summed E-state index contributed by atoms with van der Waals surface area (Å²) in [4.78, 5) is 16.0. The van der Waals surface area contributed by atoms with Crippen molar-refractivity contribution >= 4 is 11.6 Å². The van der Waals surface area contributed by atoms with E-state index < -0.39 is 0 Å². The van der Waals surface area contributed by atoms with Crippen LogP contribution in [0.2, 0.25) is 0 Å². The lowest BCUT2D eigenvalue weighted by Gasteiger charge is -2.15. The number of amides is 1. The van der Waals surface area contributed by atoms with Crippen molar-refractivity contribution < 1.29 is 4.79 Å². The largest absolute Gasteiger partial charge is 0.309 e. The molecule has 2 fully saturated rings. The fourth-order valence-electron chi connectivity index (χ4n) is 3.41. The van der Waals surface area contributed by atoms with E-state index in [0.717, 1.165) is 50.4 Å². The highest BCUT2D eigenvalue weighted by molar-refractivity contribution is 5.95. The molecule has 2 aliphatic heterocycles. The van der Waals surface area contributed by atoms with E-state index in [-0.39, 0.29) is 5.91 Å². The van der Waals surface area contributed by atoms with Crippen LogP contribution in [0.25, 0.3) is 0 Å². The van der Waals surface area contributed by atoms with Crippen molar-refractivity contribution in [1.82, 2.24) is 24.9 Å². The third kappa shape index (κ3) is 2.96. The van der Waals surface area contributed by atoms with Gasteiger partial charge in [0.1, 0.15) is 0 Å². The lowest BCUT2D eigenvalue weighted by Crippen LogP contribution is -2.23. The van der Waals surface area contributed by atoms with E-state index in [1.165, 1.54) is 0 Å². The lowest BCUT2D eigenvalue weighted by atomic mass is 10.3. The zero-order chi connectivity index (χ0) is 15.6. The van der Waals surface area contributed by atoms with Crippen molar-refractivity contribution in [3.8, 4) is 0 Å². The molecule has 0 N–H and O–H groups in total. The van der Waals surface area contributed by atoms with Gasteiger partial charge in [-0.05, 0) is 25.0 Å². The fraction of sp³-hybridized carbons (Fsp3) is 0.500. The second-order valence-electron chi connectivity index (χ2n) is 6.22. The second kappa shape index (κ2) is 6.08. The minimum Gasteiger partial charge on any atom is -0.309 e. The predicted octanol–water partition coefficient (Wildman–Crippen LogP) is 1.25. The van der Waals surface area contributed by atoms with Crippen LogP contribution in [-0.2, 0) is 11.3 Å². The first-order valence-corrected chi connectivity index (χ1v) is 8.13. The van der Waals surface area contributed by atoms with Gasteiger partial charge in [-0.1, -0.05) is 0 Å². The number of hydrogen-bond acceptors (Lipinski definition) is 5. The van der Waals surface area contributed by atoms with Gasteiger partial charge in [-0.15, -0.1) is 0 Å². The Morgan fingerprint density at radius 1 is 1.30 bits per heavy atom. The van der Waals surface area contributed by atoms with Crippen LogP contribution in [0, 0.1) is 0 Å². The number of anilines is 1. The Morgan fingerprint density at radius 3 is 3.04 bits per heavy atom. The van der Waals surface area contributed by atoms with Gasteiger partial charge in [-0.3, -0.25) is 14.4 Å². The van der Waals surface area contributed by atoms with Crippen LogP contribution in [0.1, 0.15) is 31.0 Å². The van der Waals surface area contributed by atoms with Crippen LogP contribution in [0.3, 0.4) is 0 Å². The van der Waals surface area contributed by atoms with Crippen LogP contribution in [0.5, 0.6) is 0 Å². The zero-order valence-electron chi connectivity index (χ0n) is 13.0. The maximum Gasteiger partial charge on any atom is 0.227 e. The zero-order valence-corrected chi connectivity index (χ0v) is 13.0. The summed E-state index contributed by atoms with van der Waals surface area (Å²) in [6.07, 6.45) is 8.19. The molecule has 1 unspecified atom stereocenters. The Balaban J connectivity index is 1.40. The normalized spacial score (nSPS) is 22.2. The molecule has 0 saturated carbocycles. The van der Waals surface area contributed by atoms with Gasteiger partial charge in [0.05, 0.1) is 23.6 Å². The predicted molar refractivity (Wildman–Crippen MR) is 84.8 cm³/mol. The Morgan fingerprint density at radius 2 is 2.26 bits per heavy atom. The minimum absolute atomic E-state index is 0.209. The van der Waals surface area contributed by atoms with Crippen LogP contribution in [0.15, 0.2) is 30.7 Å². The number of likely N-dealkylation sites (tertiary alicyclic amines) is 1. The summed E-state index contributed by atoms with van der Waals surface area (Å²) in [6, 6.07) is 4.28. The smallest absolute Gasteiger partial charge is 0.227 e. The average molecular weight is 312 g/mol. The van der Waals surface area contributed by atoms with E-state index in [9.17, 15) is 4.79 Å². The third-order valence-electron chi connectivity index (χ3n) is 4.61. The van der Waals surface area contributed by atoms with Gasteiger partial charge in [-0.2, -0.15) is 15.3 Å². The summed E-state index contributed by atoms with van der Waals surface area (Å²) in [5.41, 5.74) is 1.93. The Kier molecular flexibility index (Phi) is 3.78. The first kappa shape index (κ1) is 14.3. The highest BCUT2D eigenvalue weighted by atomic mass is 16.2. The summed E-state index contributed by atoms with van der Waals surface area (Å²) >= 11 is 0. The van der Waals surface area contributed by atoms with E-state index in [1.54, 1.807) is 6.20 Å². The molecule has 23 heavy (non-hydrogen) atoms. The Bertz CT molecular complexity index is 685. The van der Waals surface area contributed by atoms with Gasteiger partial charge in [0, 0.05) is 45.0 Å². The van der Waals surface area contributed by atoms with Gasteiger partial charge in [0.2, 0.25) is 5.91 Å². The molecule has 2 aliphatic rings. The van der Waals surface area contributed by atoms with Gasteiger partial charge >= 0.3 is 0 Å². The molecule has 2 saturated heterocycles. The van der Waals surface area contributed by atoms with Crippen LogP contribution < -0.4 is 4.90 Å². The molecule has 0 aromatic carbocycles. The van der Waals surface area contributed by atoms with Crippen molar-refractivity contribution in [3.63, 3.8) is 0 Å². The number of carbonyl (C=O) groups excluding carboxylic acids is 1. The molecule has 7 heteroatoms. The molecule has 2 aromatic rings. The number of nitrogens with zero attached hydrogens (tertiary/aromatic N) is 6.